The van der Waals surface area contributed by atoms with Crippen LogP contribution < -0.4 is 10.2 Å². The van der Waals surface area contributed by atoms with Crippen molar-refractivity contribution in [1.29, 1.82) is 0 Å². The van der Waals surface area contributed by atoms with Crippen molar-refractivity contribution in [2.45, 2.75) is 25.2 Å². The number of aryl methyl sites for hydroxylation is 1. The molecule has 0 bridgehead atoms. The molecule has 0 saturated heterocycles. The molecule has 2 heterocycles. The third-order valence-corrected chi connectivity index (χ3v) is 5.11. The van der Waals surface area contributed by atoms with Crippen LogP contribution in [0.5, 0.6) is 0 Å². The van der Waals surface area contributed by atoms with Gasteiger partial charge < -0.3 is 15.2 Å². The summed E-state index contributed by atoms with van der Waals surface area (Å²) in [6.45, 7) is 0.468. The molecule has 2 amide bonds. The number of amides is 2. The molecule has 0 fully saturated rings. The fourth-order valence-electron chi connectivity index (χ4n) is 3.59. The smallest absolute Gasteiger partial charge is 0.227 e. The molecule has 4 rings (SSSR count). The molecule has 3 aromatic rings. The molecular weight excluding hydrogens is 340 g/mol. The first-order chi connectivity index (χ1) is 13.1. The number of aromatic amines is 1. The first-order valence-corrected chi connectivity index (χ1v) is 9.17. The minimum Gasteiger partial charge on any atom is -0.355 e. The largest absolute Gasteiger partial charge is 0.355 e. The number of nitrogens with one attached hydrogen (secondary N) is 2. The Kier molecular flexibility index (Phi) is 4.62. The van der Waals surface area contributed by atoms with E-state index in [1.807, 2.05) is 48.5 Å². The maximum atomic E-state index is 12.3. The summed E-state index contributed by atoms with van der Waals surface area (Å²) < 4.78 is 0. The number of aromatic nitrogens is 2. The van der Waals surface area contributed by atoms with Gasteiger partial charge in [0.15, 0.2) is 0 Å². The van der Waals surface area contributed by atoms with Crippen LogP contribution in [-0.2, 0) is 16.0 Å². The molecule has 2 N–H and O–H groups in total. The van der Waals surface area contributed by atoms with Crippen LogP contribution in [0, 0.1) is 0 Å². The molecule has 0 saturated carbocycles. The minimum atomic E-state index is -0.0284. The zero-order valence-corrected chi connectivity index (χ0v) is 15.2. The number of nitrogens with zero attached hydrogens (tertiary/aromatic N) is 2. The van der Waals surface area contributed by atoms with E-state index < -0.39 is 0 Å². The fourth-order valence-corrected chi connectivity index (χ4v) is 3.59. The molecule has 1 aromatic heterocycles. The van der Waals surface area contributed by atoms with Gasteiger partial charge in [-0.2, -0.15) is 0 Å². The Labute approximate surface area is 157 Å². The number of hydrogen-bond acceptors (Lipinski definition) is 3. The van der Waals surface area contributed by atoms with Crippen LogP contribution in [-0.4, -0.2) is 35.4 Å². The van der Waals surface area contributed by atoms with Crippen LogP contribution in [0.3, 0.4) is 0 Å². The summed E-state index contributed by atoms with van der Waals surface area (Å²) in [4.78, 5) is 33.9. The number of carbonyl (C=O) groups is 2. The third kappa shape index (κ3) is 3.56. The van der Waals surface area contributed by atoms with Crippen molar-refractivity contribution in [2.75, 3.05) is 18.5 Å². The second kappa shape index (κ2) is 7.23. The maximum absolute atomic E-state index is 12.3. The Morgan fingerprint density at radius 2 is 2.00 bits per heavy atom. The van der Waals surface area contributed by atoms with E-state index in [0.29, 0.717) is 25.8 Å². The molecule has 27 heavy (non-hydrogen) atoms. The predicted molar refractivity (Wildman–Crippen MR) is 105 cm³/mol. The van der Waals surface area contributed by atoms with Gasteiger partial charge in [0.1, 0.15) is 5.82 Å². The summed E-state index contributed by atoms with van der Waals surface area (Å²) in [6.07, 6.45) is 1.34. The van der Waals surface area contributed by atoms with Gasteiger partial charge in [0.25, 0.3) is 0 Å². The molecule has 2 aromatic carbocycles. The fraction of sp³-hybridized carbons (Fsp3) is 0.286. The molecule has 0 radical (unpaired) electrons. The van der Waals surface area contributed by atoms with E-state index in [2.05, 4.69) is 15.3 Å². The number of imidazole rings is 1. The quantitative estimate of drug-likeness (QED) is 0.733. The Bertz CT molecular complexity index is 962. The molecule has 6 heteroatoms. The third-order valence-electron chi connectivity index (χ3n) is 5.11. The normalized spacial score (nSPS) is 16.4. The summed E-state index contributed by atoms with van der Waals surface area (Å²) in [5.41, 5.74) is 3.93. The number of para-hydroxylation sites is 3. The highest BCUT2D eigenvalue weighted by atomic mass is 16.2. The minimum absolute atomic E-state index is 0.0139. The first kappa shape index (κ1) is 17.3. The van der Waals surface area contributed by atoms with Crippen LogP contribution in [0.25, 0.3) is 11.0 Å². The van der Waals surface area contributed by atoms with E-state index in [0.717, 1.165) is 28.1 Å². The summed E-state index contributed by atoms with van der Waals surface area (Å²) >= 11 is 0. The Hall–Kier alpha value is -3.15. The Morgan fingerprint density at radius 3 is 2.85 bits per heavy atom. The van der Waals surface area contributed by atoms with Gasteiger partial charge in [0, 0.05) is 44.5 Å². The molecule has 1 atom stereocenters. The Balaban J connectivity index is 1.35. The number of H-pyrrole nitrogens is 1. The monoisotopic (exact) mass is 362 g/mol. The predicted octanol–water partition coefficient (Wildman–Crippen LogP) is 2.76. The van der Waals surface area contributed by atoms with Gasteiger partial charge in [-0.15, -0.1) is 0 Å². The van der Waals surface area contributed by atoms with Crippen LogP contribution in [0.15, 0.2) is 48.5 Å². The molecule has 6 nitrogen and oxygen atoms in total. The van der Waals surface area contributed by atoms with Gasteiger partial charge in [-0.1, -0.05) is 30.3 Å². The summed E-state index contributed by atoms with van der Waals surface area (Å²) in [6, 6.07) is 15.7. The van der Waals surface area contributed by atoms with Crippen LogP contribution in [0.4, 0.5) is 5.69 Å². The lowest BCUT2D eigenvalue weighted by Crippen LogP contribution is -2.37. The van der Waals surface area contributed by atoms with E-state index in [4.69, 9.17) is 0 Å². The lowest BCUT2D eigenvalue weighted by molar-refractivity contribution is -0.122. The topological polar surface area (TPSA) is 78.1 Å². The van der Waals surface area contributed by atoms with Gasteiger partial charge in [-0.3, -0.25) is 9.59 Å². The average Bonchev–Trinajstić information content (AvgIpc) is 3.11. The highest BCUT2D eigenvalue weighted by molar-refractivity contribution is 5.96. The number of fused-ring (bicyclic) bond motifs is 2. The molecular formula is C21H22N4O2. The molecule has 1 aliphatic heterocycles. The van der Waals surface area contributed by atoms with Gasteiger partial charge in [0.05, 0.1) is 11.0 Å². The second-order valence-corrected chi connectivity index (χ2v) is 6.92. The average molecular weight is 362 g/mol. The van der Waals surface area contributed by atoms with E-state index in [-0.39, 0.29) is 17.7 Å². The standard InChI is InChI=1S/C21H22N4O2/c1-25-18-9-5-2-6-15(18)14(12-21(25)27)13-22-20(26)11-10-19-23-16-7-3-4-8-17(16)24-19/h2-9,14H,10-13H2,1H3,(H,22,26)(H,23,24)/t14-/m1/s1. The lowest BCUT2D eigenvalue weighted by Gasteiger charge is -2.31. The number of anilines is 1. The number of rotatable bonds is 5. The van der Waals surface area contributed by atoms with Gasteiger partial charge in [0.2, 0.25) is 11.8 Å². The van der Waals surface area contributed by atoms with Crippen LogP contribution in [0.2, 0.25) is 0 Å². The summed E-state index contributed by atoms with van der Waals surface area (Å²) in [5.74, 6) is 0.876. The molecule has 0 unspecified atom stereocenters. The highest BCUT2D eigenvalue weighted by Gasteiger charge is 2.28. The Morgan fingerprint density at radius 1 is 1.22 bits per heavy atom. The molecule has 1 aliphatic rings. The van der Waals surface area contributed by atoms with Crippen LogP contribution in [0.1, 0.15) is 30.1 Å². The van der Waals surface area contributed by atoms with Crippen molar-refractivity contribution in [3.05, 3.63) is 59.9 Å². The lowest BCUT2D eigenvalue weighted by atomic mass is 9.89. The SMILES string of the molecule is CN1C(=O)C[C@H](CNC(=O)CCc2nc3ccccc3[nH]2)c2ccccc21. The van der Waals surface area contributed by atoms with E-state index >= 15 is 0 Å². The van der Waals surface area contributed by atoms with Gasteiger partial charge >= 0.3 is 0 Å². The summed E-state index contributed by atoms with van der Waals surface area (Å²) in [5, 5.41) is 2.98. The number of hydrogen-bond donors (Lipinski definition) is 2. The highest BCUT2D eigenvalue weighted by Crippen LogP contribution is 2.34. The van der Waals surface area contributed by atoms with Crippen molar-refractivity contribution in [1.82, 2.24) is 15.3 Å². The summed E-state index contributed by atoms with van der Waals surface area (Å²) in [7, 11) is 1.79. The van der Waals surface area contributed by atoms with E-state index in [1.54, 1.807) is 11.9 Å². The number of carbonyl (C=O) groups excluding carboxylic acids is 2. The van der Waals surface area contributed by atoms with Crippen LogP contribution >= 0.6 is 0 Å². The van der Waals surface area contributed by atoms with Crippen molar-refractivity contribution in [3.63, 3.8) is 0 Å². The van der Waals surface area contributed by atoms with E-state index in [9.17, 15) is 9.59 Å². The second-order valence-electron chi connectivity index (χ2n) is 6.92. The molecule has 138 valence electrons. The number of benzene rings is 2. The van der Waals surface area contributed by atoms with E-state index in [1.165, 1.54) is 0 Å². The molecule has 0 spiro atoms. The first-order valence-electron chi connectivity index (χ1n) is 9.17. The zero-order chi connectivity index (χ0) is 18.8. The van der Waals surface area contributed by atoms with Crippen molar-refractivity contribution < 1.29 is 9.59 Å². The van der Waals surface area contributed by atoms with Crippen molar-refractivity contribution in [3.8, 4) is 0 Å². The van der Waals surface area contributed by atoms with Crippen molar-refractivity contribution in [2.24, 2.45) is 0 Å². The molecule has 0 aliphatic carbocycles. The van der Waals surface area contributed by atoms with Gasteiger partial charge in [-0.05, 0) is 23.8 Å². The van der Waals surface area contributed by atoms with Crippen molar-refractivity contribution >= 4 is 28.5 Å². The van der Waals surface area contributed by atoms with Gasteiger partial charge in [-0.25, -0.2) is 4.98 Å². The zero-order valence-electron chi connectivity index (χ0n) is 15.2. The maximum Gasteiger partial charge on any atom is 0.227 e.